The van der Waals surface area contributed by atoms with Gasteiger partial charge < -0.3 is 0 Å². The highest BCUT2D eigenvalue weighted by molar-refractivity contribution is 6.34. The molecule has 2 nitrogen and oxygen atoms in total. The van der Waals surface area contributed by atoms with Crippen LogP contribution in [-0.2, 0) is 5.92 Å². The van der Waals surface area contributed by atoms with Crippen LogP contribution in [0.15, 0.2) is 36.4 Å². The van der Waals surface area contributed by atoms with Crippen LogP contribution < -0.4 is 0 Å². The van der Waals surface area contributed by atoms with Crippen LogP contribution in [0.1, 0.15) is 5.82 Å². The SMILES string of the molecule is FC(F)C(F)(F)c1nc(Cl)c2cc3ccccc3cc2n1. The molecule has 0 bridgehead atoms. The summed E-state index contributed by atoms with van der Waals surface area (Å²) in [6.45, 7) is 0. The maximum absolute atomic E-state index is 13.4. The van der Waals surface area contributed by atoms with Gasteiger partial charge in [0.05, 0.1) is 5.52 Å². The molecule has 0 aliphatic carbocycles. The minimum Gasteiger partial charge on any atom is -0.227 e. The van der Waals surface area contributed by atoms with Gasteiger partial charge >= 0.3 is 12.3 Å². The molecule has 1 heterocycles. The fourth-order valence-corrected chi connectivity index (χ4v) is 2.26. The topological polar surface area (TPSA) is 25.8 Å². The van der Waals surface area contributed by atoms with Crippen molar-refractivity contribution in [1.29, 1.82) is 0 Å². The van der Waals surface area contributed by atoms with E-state index in [0.717, 1.165) is 10.8 Å². The summed E-state index contributed by atoms with van der Waals surface area (Å²) in [5.41, 5.74) is 0.101. The summed E-state index contributed by atoms with van der Waals surface area (Å²) < 4.78 is 51.6. The third kappa shape index (κ3) is 2.29. The number of nitrogens with zero attached hydrogens (tertiary/aromatic N) is 2. The number of rotatable bonds is 2. The Morgan fingerprint density at radius 3 is 2.24 bits per heavy atom. The summed E-state index contributed by atoms with van der Waals surface area (Å²) in [6.07, 6.45) is -3.90. The van der Waals surface area contributed by atoms with Crippen molar-refractivity contribution in [3.05, 3.63) is 47.4 Å². The zero-order valence-electron chi connectivity index (χ0n) is 10.3. The number of halogens is 5. The summed E-state index contributed by atoms with van der Waals surface area (Å²) in [6, 6.07) is 10.3. The predicted octanol–water partition coefficient (Wildman–Crippen LogP) is 4.79. The maximum atomic E-state index is 13.4. The van der Waals surface area contributed by atoms with Crippen molar-refractivity contribution in [3.63, 3.8) is 0 Å². The average molecular weight is 315 g/mol. The van der Waals surface area contributed by atoms with Gasteiger partial charge in [-0.25, -0.2) is 18.7 Å². The molecule has 0 N–H and O–H groups in total. The van der Waals surface area contributed by atoms with Crippen LogP contribution >= 0.6 is 11.6 Å². The average Bonchev–Trinajstić information content (AvgIpc) is 2.45. The Balaban J connectivity index is 2.30. The first kappa shape index (κ1) is 14.0. The molecule has 7 heteroatoms. The summed E-state index contributed by atoms with van der Waals surface area (Å²) >= 11 is 5.84. The van der Waals surface area contributed by atoms with E-state index >= 15 is 0 Å². The quantitative estimate of drug-likeness (QED) is 0.386. The van der Waals surface area contributed by atoms with Gasteiger partial charge in [0.2, 0.25) is 5.82 Å². The highest BCUT2D eigenvalue weighted by atomic mass is 35.5. The van der Waals surface area contributed by atoms with Crippen molar-refractivity contribution >= 4 is 33.3 Å². The van der Waals surface area contributed by atoms with Crippen LogP contribution in [0.2, 0.25) is 5.15 Å². The second-order valence-corrected chi connectivity index (χ2v) is 4.84. The Morgan fingerprint density at radius 2 is 1.62 bits per heavy atom. The lowest BCUT2D eigenvalue weighted by molar-refractivity contribution is -0.140. The first-order valence-electron chi connectivity index (χ1n) is 5.92. The maximum Gasteiger partial charge on any atom is 0.365 e. The van der Waals surface area contributed by atoms with Crippen molar-refractivity contribution in [3.8, 4) is 0 Å². The Hall–Kier alpha value is -1.95. The van der Waals surface area contributed by atoms with Gasteiger partial charge in [-0.2, -0.15) is 8.78 Å². The van der Waals surface area contributed by atoms with Gasteiger partial charge in [0.15, 0.2) is 0 Å². The molecule has 2 aromatic carbocycles. The van der Waals surface area contributed by atoms with Crippen molar-refractivity contribution in [2.75, 3.05) is 0 Å². The molecule has 108 valence electrons. The molecule has 0 aliphatic rings. The third-order valence-corrected chi connectivity index (χ3v) is 3.38. The van der Waals surface area contributed by atoms with Gasteiger partial charge in [-0.05, 0) is 22.9 Å². The first-order valence-corrected chi connectivity index (χ1v) is 6.30. The zero-order valence-corrected chi connectivity index (χ0v) is 11.1. The second-order valence-electron chi connectivity index (χ2n) is 4.48. The predicted molar refractivity (Wildman–Crippen MR) is 72.0 cm³/mol. The molecule has 0 atom stereocenters. The summed E-state index contributed by atoms with van der Waals surface area (Å²) in [4.78, 5) is 6.88. The fraction of sp³-hybridized carbons (Fsp3) is 0.143. The number of hydrogen-bond donors (Lipinski definition) is 0. The summed E-state index contributed by atoms with van der Waals surface area (Å²) in [7, 11) is 0. The Morgan fingerprint density at radius 1 is 1.00 bits per heavy atom. The van der Waals surface area contributed by atoms with Gasteiger partial charge in [-0.3, -0.25) is 0 Å². The molecule has 0 unspecified atom stereocenters. The fourth-order valence-electron chi connectivity index (χ4n) is 2.02. The molecule has 0 spiro atoms. The van der Waals surface area contributed by atoms with Gasteiger partial charge in [0, 0.05) is 5.39 Å². The minimum atomic E-state index is -4.44. The van der Waals surface area contributed by atoms with Crippen molar-refractivity contribution in [2.24, 2.45) is 0 Å². The lowest BCUT2D eigenvalue weighted by Gasteiger charge is -2.14. The highest BCUT2D eigenvalue weighted by Crippen LogP contribution is 2.35. The van der Waals surface area contributed by atoms with Gasteiger partial charge in [-0.15, -0.1) is 0 Å². The number of fused-ring (bicyclic) bond motifs is 2. The molecule has 0 radical (unpaired) electrons. The number of benzene rings is 2. The van der Waals surface area contributed by atoms with E-state index in [9.17, 15) is 17.6 Å². The largest absolute Gasteiger partial charge is 0.365 e. The molecular formula is C14H7ClF4N2. The first-order chi connectivity index (χ1) is 9.89. The van der Waals surface area contributed by atoms with Crippen molar-refractivity contribution in [1.82, 2.24) is 9.97 Å². The van der Waals surface area contributed by atoms with Crippen LogP contribution in [0.4, 0.5) is 17.6 Å². The lowest BCUT2D eigenvalue weighted by Crippen LogP contribution is -2.26. The van der Waals surface area contributed by atoms with E-state index < -0.39 is 18.2 Å². The Bertz CT molecular complexity index is 836. The molecule has 3 aromatic rings. The van der Waals surface area contributed by atoms with E-state index in [1.165, 1.54) is 6.07 Å². The minimum absolute atomic E-state index is 0.101. The standard InChI is InChI=1S/C14H7ClF4N2/c15-11-9-5-7-3-1-2-4-8(7)6-10(9)20-13(21-11)14(18,19)12(16)17/h1-6,12H. The Kier molecular flexibility index (Phi) is 3.20. The van der Waals surface area contributed by atoms with Gasteiger partial charge in [0.25, 0.3) is 0 Å². The van der Waals surface area contributed by atoms with Crippen molar-refractivity contribution < 1.29 is 17.6 Å². The van der Waals surface area contributed by atoms with E-state index in [0.29, 0.717) is 5.39 Å². The summed E-state index contributed by atoms with van der Waals surface area (Å²) in [5.74, 6) is -5.71. The zero-order chi connectivity index (χ0) is 15.2. The smallest absolute Gasteiger partial charge is 0.227 e. The number of alkyl halides is 4. The normalized spacial score (nSPS) is 12.5. The number of hydrogen-bond acceptors (Lipinski definition) is 2. The molecule has 3 rings (SSSR count). The van der Waals surface area contributed by atoms with E-state index in [-0.39, 0.29) is 10.7 Å². The van der Waals surface area contributed by atoms with Crippen LogP contribution in [-0.4, -0.2) is 16.4 Å². The number of aromatic nitrogens is 2. The van der Waals surface area contributed by atoms with E-state index in [4.69, 9.17) is 11.6 Å². The van der Waals surface area contributed by atoms with Crippen molar-refractivity contribution in [2.45, 2.75) is 12.3 Å². The van der Waals surface area contributed by atoms with Crippen LogP contribution in [0.25, 0.3) is 21.7 Å². The van der Waals surface area contributed by atoms with E-state index in [1.807, 2.05) is 12.1 Å². The van der Waals surface area contributed by atoms with Gasteiger partial charge in [0.1, 0.15) is 5.15 Å². The highest BCUT2D eigenvalue weighted by Gasteiger charge is 2.46. The molecular weight excluding hydrogens is 308 g/mol. The van der Waals surface area contributed by atoms with Crippen LogP contribution in [0, 0.1) is 0 Å². The monoisotopic (exact) mass is 314 g/mol. The molecule has 0 amide bonds. The second kappa shape index (κ2) is 4.80. The van der Waals surface area contributed by atoms with E-state index in [1.54, 1.807) is 18.2 Å². The molecule has 0 fully saturated rings. The van der Waals surface area contributed by atoms with Crippen LogP contribution in [0.5, 0.6) is 0 Å². The molecule has 0 aliphatic heterocycles. The molecule has 0 saturated carbocycles. The molecule has 0 saturated heterocycles. The lowest BCUT2D eigenvalue weighted by atomic mass is 10.1. The van der Waals surface area contributed by atoms with Gasteiger partial charge in [-0.1, -0.05) is 35.9 Å². The summed E-state index contributed by atoms with van der Waals surface area (Å²) in [5, 5.41) is 1.63. The Labute approximate surface area is 121 Å². The molecule has 21 heavy (non-hydrogen) atoms. The van der Waals surface area contributed by atoms with Crippen LogP contribution in [0.3, 0.4) is 0 Å². The van der Waals surface area contributed by atoms with E-state index in [2.05, 4.69) is 9.97 Å². The third-order valence-electron chi connectivity index (χ3n) is 3.09. The molecule has 1 aromatic heterocycles.